The van der Waals surface area contributed by atoms with E-state index in [0.717, 1.165) is 0 Å². The summed E-state index contributed by atoms with van der Waals surface area (Å²) in [6, 6.07) is 4.83. The first-order chi connectivity index (χ1) is 7.56. The Morgan fingerprint density at radius 1 is 1.44 bits per heavy atom. The lowest BCUT2D eigenvalue weighted by atomic mass is 10.3. The Morgan fingerprint density at radius 3 is 2.69 bits per heavy atom. The number of hydrogen-bond donors (Lipinski definition) is 1. The van der Waals surface area contributed by atoms with E-state index in [9.17, 15) is 9.59 Å². The van der Waals surface area contributed by atoms with Gasteiger partial charge in [-0.1, -0.05) is 29.3 Å². The summed E-state index contributed by atoms with van der Waals surface area (Å²) < 4.78 is 0. The molecule has 0 radical (unpaired) electrons. The molecule has 0 aromatic heterocycles. The molecule has 16 heavy (non-hydrogen) atoms. The van der Waals surface area contributed by atoms with E-state index in [-0.39, 0.29) is 18.0 Å². The number of anilines is 1. The van der Waals surface area contributed by atoms with Crippen molar-refractivity contribution in [2.75, 3.05) is 11.4 Å². The first-order valence-electron chi connectivity index (χ1n) is 4.44. The molecule has 0 aliphatic carbocycles. The van der Waals surface area contributed by atoms with Crippen LogP contribution in [0.5, 0.6) is 0 Å². The van der Waals surface area contributed by atoms with Gasteiger partial charge < -0.3 is 10.0 Å². The molecule has 1 rings (SSSR count). The van der Waals surface area contributed by atoms with E-state index in [4.69, 9.17) is 28.3 Å². The topological polar surface area (TPSA) is 57.6 Å². The molecular formula is C10H9Cl2NO3. The van der Waals surface area contributed by atoms with Crippen LogP contribution in [0.3, 0.4) is 0 Å². The fourth-order valence-corrected chi connectivity index (χ4v) is 1.56. The third kappa shape index (κ3) is 3.12. The number of halogens is 2. The minimum absolute atomic E-state index is 0.0545. The van der Waals surface area contributed by atoms with Gasteiger partial charge in [0.05, 0.1) is 22.2 Å². The fraction of sp³-hybridized carbons (Fsp3) is 0.200. The molecule has 0 aliphatic rings. The molecule has 4 nitrogen and oxygen atoms in total. The molecular weight excluding hydrogens is 253 g/mol. The van der Waals surface area contributed by atoms with Crippen LogP contribution in [-0.2, 0) is 9.59 Å². The van der Waals surface area contributed by atoms with E-state index < -0.39 is 5.97 Å². The van der Waals surface area contributed by atoms with Crippen molar-refractivity contribution in [3.05, 3.63) is 28.2 Å². The quantitative estimate of drug-likeness (QED) is 0.829. The highest BCUT2D eigenvalue weighted by molar-refractivity contribution is 6.43. The summed E-state index contributed by atoms with van der Waals surface area (Å²) in [5.74, 6) is -0.981. The second-order valence-electron chi connectivity index (χ2n) is 3.02. The molecule has 0 saturated heterocycles. The van der Waals surface area contributed by atoms with Gasteiger partial charge in [0, 0.05) is 6.54 Å². The summed E-state index contributed by atoms with van der Waals surface area (Å²) in [6.07, 6.45) is 0.377. The number of benzene rings is 1. The summed E-state index contributed by atoms with van der Waals surface area (Å²) in [5.41, 5.74) is 0.408. The van der Waals surface area contributed by atoms with Gasteiger partial charge in [0.1, 0.15) is 0 Å². The summed E-state index contributed by atoms with van der Waals surface area (Å²) in [6.45, 7) is 0.0545. The van der Waals surface area contributed by atoms with Gasteiger partial charge in [-0.3, -0.25) is 9.59 Å². The van der Waals surface area contributed by atoms with Crippen LogP contribution in [0.1, 0.15) is 6.42 Å². The zero-order valence-corrected chi connectivity index (χ0v) is 9.70. The molecule has 0 saturated carbocycles. The van der Waals surface area contributed by atoms with Crippen LogP contribution in [0.15, 0.2) is 18.2 Å². The van der Waals surface area contributed by atoms with Gasteiger partial charge in [-0.15, -0.1) is 0 Å². The Morgan fingerprint density at radius 2 is 2.12 bits per heavy atom. The maximum atomic E-state index is 10.8. The number of rotatable bonds is 5. The summed E-state index contributed by atoms with van der Waals surface area (Å²) in [5, 5.41) is 9.09. The molecule has 0 heterocycles. The van der Waals surface area contributed by atoms with E-state index in [1.807, 2.05) is 0 Å². The molecule has 0 bridgehead atoms. The number of carbonyl (C=O) groups excluding carboxylic acids is 1. The van der Waals surface area contributed by atoms with Crippen LogP contribution in [0.25, 0.3) is 0 Å². The maximum absolute atomic E-state index is 10.8. The van der Waals surface area contributed by atoms with Crippen LogP contribution >= 0.6 is 23.2 Å². The van der Waals surface area contributed by atoms with Crippen molar-refractivity contribution in [2.24, 2.45) is 0 Å². The van der Waals surface area contributed by atoms with Gasteiger partial charge in [0.2, 0.25) is 6.41 Å². The Hall–Kier alpha value is -1.26. The van der Waals surface area contributed by atoms with Gasteiger partial charge in [-0.05, 0) is 12.1 Å². The minimum Gasteiger partial charge on any atom is -0.481 e. The third-order valence-electron chi connectivity index (χ3n) is 1.93. The fourth-order valence-electron chi connectivity index (χ4n) is 1.16. The maximum Gasteiger partial charge on any atom is 0.305 e. The molecule has 1 N–H and O–H groups in total. The van der Waals surface area contributed by atoms with Gasteiger partial charge in [-0.2, -0.15) is 0 Å². The van der Waals surface area contributed by atoms with Gasteiger partial charge in [0.15, 0.2) is 0 Å². The second kappa shape index (κ2) is 5.72. The lowest BCUT2D eigenvalue weighted by Gasteiger charge is -2.18. The Bertz CT molecular complexity index is 409. The number of aliphatic carboxylic acids is 1. The van der Waals surface area contributed by atoms with Gasteiger partial charge >= 0.3 is 5.97 Å². The number of carboxylic acids is 1. The third-order valence-corrected chi connectivity index (χ3v) is 2.74. The zero-order valence-electron chi connectivity index (χ0n) is 8.19. The van der Waals surface area contributed by atoms with Crippen molar-refractivity contribution < 1.29 is 14.7 Å². The van der Waals surface area contributed by atoms with E-state index in [1.165, 1.54) is 4.90 Å². The highest BCUT2D eigenvalue weighted by Crippen LogP contribution is 2.31. The summed E-state index contributed by atoms with van der Waals surface area (Å²) in [4.78, 5) is 22.4. The van der Waals surface area contributed by atoms with Crippen LogP contribution in [-0.4, -0.2) is 24.0 Å². The van der Waals surface area contributed by atoms with Crippen LogP contribution in [0.2, 0.25) is 10.0 Å². The largest absolute Gasteiger partial charge is 0.481 e. The summed E-state index contributed by atoms with van der Waals surface area (Å²) in [7, 11) is 0. The van der Waals surface area contributed by atoms with E-state index in [1.54, 1.807) is 18.2 Å². The predicted molar refractivity (Wildman–Crippen MR) is 62.1 cm³/mol. The van der Waals surface area contributed by atoms with E-state index in [2.05, 4.69) is 0 Å². The molecule has 0 fully saturated rings. The number of nitrogens with zero attached hydrogens (tertiary/aromatic N) is 1. The number of carbonyl (C=O) groups is 2. The lowest BCUT2D eigenvalue weighted by molar-refractivity contribution is -0.136. The molecule has 0 atom stereocenters. The smallest absolute Gasteiger partial charge is 0.305 e. The van der Waals surface area contributed by atoms with E-state index >= 15 is 0 Å². The molecule has 1 amide bonds. The molecule has 0 spiro atoms. The molecule has 6 heteroatoms. The van der Waals surface area contributed by atoms with E-state index in [0.29, 0.717) is 17.1 Å². The molecule has 1 aromatic carbocycles. The zero-order chi connectivity index (χ0) is 12.1. The van der Waals surface area contributed by atoms with Crippen molar-refractivity contribution in [3.63, 3.8) is 0 Å². The lowest BCUT2D eigenvalue weighted by Crippen LogP contribution is -2.24. The minimum atomic E-state index is -0.981. The van der Waals surface area contributed by atoms with Crippen LogP contribution < -0.4 is 4.90 Å². The first-order valence-corrected chi connectivity index (χ1v) is 5.19. The van der Waals surface area contributed by atoms with Gasteiger partial charge in [-0.25, -0.2) is 0 Å². The molecule has 86 valence electrons. The number of hydrogen-bond acceptors (Lipinski definition) is 2. The number of carboxylic acid groups (broad SMARTS) is 1. The predicted octanol–water partition coefficient (Wildman–Crippen LogP) is 2.43. The Balaban J connectivity index is 2.90. The Labute approximate surface area is 102 Å². The van der Waals surface area contributed by atoms with Crippen molar-refractivity contribution in [1.29, 1.82) is 0 Å². The average molecular weight is 262 g/mol. The first kappa shape index (κ1) is 12.8. The normalized spacial score (nSPS) is 9.88. The monoisotopic (exact) mass is 261 g/mol. The van der Waals surface area contributed by atoms with Crippen LogP contribution in [0, 0.1) is 0 Å². The SMILES string of the molecule is O=CN(CCC(=O)O)c1cccc(Cl)c1Cl. The van der Waals surface area contributed by atoms with Crippen molar-refractivity contribution in [1.82, 2.24) is 0 Å². The Kier molecular flexibility index (Phi) is 4.58. The highest BCUT2D eigenvalue weighted by atomic mass is 35.5. The van der Waals surface area contributed by atoms with Crippen molar-refractivity contribution in [3.8, 4) is 0 Å². The van der Waals surface area contributed by atoms with Crippen molar-refractivity contribution in [2.45, 2.75) is 6.42 Å². The summed E-state index contributed by atoms with van der Waals surface area (Å²) >= 11 is 11.7. The number of amides is 1. The molecule has 0 unspecified atom stereocenters. The molecule has 0 aliphatic heterocycles. The average Bonchev–Trinajstić information content (AvgIpc) is 2.24. The van der Waals surface area contributed by atoms with Crippen molar-refractivity contribution >= 4 is 41.3 Å². The van der Waals surface area contributed by atoms with Gasteiger partial charge in [0.25, 0.3) is 0 Å². The molecule has 1 aromatic rings. The highest BCUT2D eigenvalue weighted by Gasteiger charge is 2.12. The van der Waals surface area contributed by atoms with Crippen LogP contribution in [0.4, 0.5) is 5.69 Å². The standard InChI is InChI=1S/C10H9Cl2NO3/c11-7-2-1-3-8(10(7)12)13(6-14)5-4-9(15)16/h1-3,6H,4-5H2,(H,15,16). The second-order valence-corrected chi connectivity index (χ2v) is 3.80.